The van der Waals surface area contributed by atoms with Crippen molar-refractivity contribution < 1.29 is 14.3 Å². The number of primary amides is 1. The molecule has 2 atom stereocenters. The van der Waals surface area contributed by atoms with Crippen LogP contribution < -0.4 is 5.73 Å². The molecular weight excluding hydrogens is 330 g/mol. The second-order valence-electron chi connectivity index (χ2n) is 7.60. The molecule has 3 heterocycles. The van der Waals surface area contributed by atoms with Gasteiger partial charge in [0.05, 0.1) is 6.61 Å². The summed E-state index contributed by atoms with van der Waals surface area (Å²) in [6.45, 7) is 2.72. The number of amides is 1. The molecule has 1 aromatic heterocycles. The van der Waals surface area contributed by atoms with E-state index < -0.39 is 5.91 Å². The average Bonchev–Trinajstić information content (AvgIpc) is 2.67. The summed E-state index contributed by atoms with van der Waals surface area (Å²) in [5, 5.41) is 0. The number of methoxy groups -OCH3 is 1. The number of nitrogens with two attached hydrogens (primary N) is 1. The van der Waals surface area contributed by atoms with Crippen molar-refractivity contribution in [3.63, 3.8) is 0 Å². The first-order valence-corrected chi connectivity index (χ1v) is 9.52. The first-order valence-electron chi connectivity index (χ1n) is 9.52. The molecule has 140 valence electrons. The number of nitrogens with zero attached hydrogens (tertiary/aromatic N) is 2. The minimum atomic E-state index is -0.495. The predicted octanol–water partition coefficient (Wildman–Crippen LogP) is 2.41. The lowest BCUT2D eigenvalue weighted by Gasteiger charge is -2.56. The molecule has 2 bridgehead atoms. The summed E-state index contributed by atoms with van der Waals surface area (Å²) < 4.78 is 11.8. The molecule has 0 spiro atoms. The van der Waals surface area contributed by atoms with Crippen LogP contribution in [-0.2, 0) is 15.1 Å². The number of piperidine rings is 1. The molecule has 0 aromatic carbocycles. The summed E-state index contributed by atoms with van der Waals surface area (Å²) in [4.78, 5) is 18.2. The number of likely N-dealkylation sites (tertiary alicyclic amines) is 1. The van der Waals surface area contributed by atoms with E-state index in [9.17, 15) is 4.79 Å². The van der Waals surface area contributed by atoms with Gasteiger partial charge in [0.25, 0.3) is 5.91 Å². The fourth-order valence-corrected chi connectivity index (χ4v) is 5.18. The van der Waals surface area contributed by atoms with Crippen LogP contribution in [0.25, 0.3) is 0 Å². The maximum atomic E-state index is 11.6. The Balaban J connectivity index is 1.69. The van der Waals surface area contributed by atoms with Crippen molar-refractivity contribution >= 4 is 5.91 Å². The third-order valence-electron chi connectivity index (χ3n) is 6.32. The van der Waals surface area contributed by atoms with E-state index >= 15 is 0 Å². The van der Waals surface area contributed by atoms with Crippen LogP contribution in [0.4, 0.5) is 0 Å². The van der Waals surface area contributed by atoms with Gasteiger partial charge in [0, 0.05) is 43.9 Å². The minimum absolute atomic E-state index is 0.308. The monoisotopic (exact) mass is 357 g/mol. The van der Waals surface area contributed by atoms with Gasteiger partial charge in [0.2, 0.25) is 0 Å². The number of carbonyl (C=O) groups excluding carboxylic acids is 1. The lowest BCUT2D eigenvalue weighted by molar-refractivity contribution is -0.165. The molecule has 2 aliphatic heterocycles. The van der Waals surface area contributed by atoms with Crippen molar-refractivity contribution in [2.45, 2.75) is 37.7 Å². The molecule has 6 nitrogen and oxygen atoms in total. The van der Waals surface area contributed by atoms with Crippen LogP contribution in [0.1, 0.15) is 48.2 Å². The Bertz CT molecular complexity index is 704. The number of allylic oxidation sites excluding steroid dienone is 1. The topological polar surface area (TPSA) is 77.7 Å². The highest BCUT2D eigenvalue weighted by atomic mass is 16.5. The molecule has 1 amide bonds. The zero-order valence-corrected chi connectivity index (χ0v) is 15.3. The SMILES string of the molecule is COC1(c2ccnc(C(N)=O)c2)C2CCCC1CN(C1=COCCC1)C2. The number of ether oxygens (including phenoxy) is 2. The molecule has 2 N–H and O–H groups in total. The number of aromatic nitrogens is 1. The number of rotatable bonds is 4. The van der Waals surface area contributed by atoms with Gasteiger partial charge in [-0.25, -0.2) is 0 Å². The molecule has 1 saturated carbocycles. The van der Waals surface area contributed by atoms with Crippen LogP contribution in [0.5, 0.6) is 0 Å². The highest BCUT2D eigenvalue weighted by Gasteiger charge is 2.53. The normalized spacial score (nSPS) is 31.1. The first kappa shape index (κ1) is 17.3. The Labute approximate surface area is 154 Å². The Morgan fingerprint density at radius 1 is 1.35 bits per heavy atom. The molecule has 1 aliphatic carbocycles. The Morgan fingerprint density at radius 3 is 2.73 bits per heavy atom. The first-order chi connectivity index (χ1) is 12.6. The van der Waals surface area contributed by atoms with E-state index in [-0.39, 0.29) is 5.60 Å². The number of fused-ring (bicyclic) bond motifs is 2. The molecule has 0 radical (unpaired) electrons. The summed E-state index contributed by atoms with van der Waals surface area (Å²) in [5.41, 5.74) is 7.74. The van der Waals surface area contributed by atoms with Crippen molar-refractivity contribution in [3.05, 3.63) is 41.5 Å². The van der Waals surface area contributed by atoms with E-state index in [1.165, 1.54) is 12.1 Å². The molecule has 2 fully saturated rings. The maximum Gasteiger partial charge on any atom is 0.267 e. The summed E-state index contributed by atoms with van der Waals surface area (Å²) in [6, 6.07) is 3.82. The summed E-state index contributed by atoms with van der Waals surface area (Å²) in [5.74, 6) is 0.238. The molecule has 2 unspecified atom stereocenters. The highest BCUT2D eigenvalue weighted by Crippen LogP contribution is 2.52. The summed E-state index contributed by atoms with van der Waals surface area (Å²) in [7, 11) is 1.80. The van der Waals surface area contributed by atoms with Gasteiger partial charge in [0.15, 0.2) is 0 Å². The van der Waals surface area contributed by atoms with Gasteiger partial charge in [-0.2, -0.15) is 0 Å². The fourth-order valence-electron chi connectivity index (χ4n) is 5.18. The highest BCUT2D eigenvalue weighted by molar-refractivity contribution is 5.90. The van der Waals surface area contributed by atoms with Crippen LogP contribution in [0.3, 0.4) is 0 Å². The Kier molecular flexibility index (Phi) is 4.61. The molecule has 1 aromatic rings. The van der Waals surface area contributed by atoms with E-state index in [0.717, 1.165) is 50.9 Å². The minimum Gasteiger partial charge on any atom is -0.499 e. The smallest absolute Gasteiger partial charge is 0.267 e. The Hall–Kier alpha value is -2.08. The van der Waals surface area contributed by atoms with Crippen molar-refractivity contribution in [1.29, 1.82) is 0 Å². The van der Waals surface area contributed by atoms with Crippen LogP contribution in [0, 0.1) is 11.8 Å². The van der Waals surface area contributed by atoms with Crippen LogP contribution >= 0.6 is 0 Å². The van der Waals surface area contributed by atoms with Gasteiger partial charge in [-0.15, -0.1) is 0 Å². The van der Waals surface area contributed by atoms with E-state index in [4.69, 9.17) is 15.2 Å². The molecule has 6 heteroatoms. The second-order valence-corrected chi connectivity index (χ2v) is 7.60. The van der Waals surface area contributed by atoms with Crippen molar-refractivity contribution in [2.75, 3.05) is 26.8 Å². The molecule has 3 aliphatic rings. The fraction of sp³-hybridized carbons (Fsp3) is 0.600. The number of pyridine rings is 1. The second kappa shape index (κ2) is 6.91. The third kappa shape index (κ3) is 2.76. The van der Waals surface area contributed by atoms with Gasteiger partial charge < -0.3 is 20.1 Å². The van der Waals surface area contributed by atoms with Crippen LogP contribution in [-0.4, -0.2) is 42.6 Å². The summed E-state index contributed by atoms with van der Waals surface area (Å²) >= 11 is 0. The van der Waals surface area contributed by atoms with Gasteiger partial charge in [0.1, 0.15) is 17.6 Å². The average molecular weight is 357 g/mol. The predicted molar refractivity (Wildman–Crippen MR) is 97.1 cm³/mol. The Morgan fingerprint density at radius 2 is 2.12 bits per heavy atom. The van der Waals surface area contributed by atoms with Crippen LogP contribution in [0.15, 0.2) is 30.3 Å². The quantitative estimate of drug-likeness (QED) is 0.895. The van der Waals surface area contributed by atoms with Gasteiger partial charge in [-0.05, 0) is 43.4 Å². The van der Waals surface area contributed by atoms with Gasteiger partial charge in [-0.1, -0.05) is 6.42 Å². The number of hydrogen-bond acceptors (Lipinski definition) is 5. The van der Waals surface area contributed by atoms with Crippen molar-refractivity contribution in [3.8, 4) is 0 Å². The van der Waals surface area contributed by atoms with Crippen molar-refractivity contribution in [1.82, 2.24) is 9.88 Å². The van der Waals surface area contributed by atoms with E-state index in [1.807, 2.05) is 18.4 Å². The third-order valence-corrected chi connectivity index (χ3v) is 6.32. The molecule has 1 saturated heterocycles. The lowest BCUT2D eigenvalue weighted by Crippen LogP contribution is -2.58. The van der Waals surface area contributed by atoms with Crippen molar-refractivity contribution in [2.24, 2.45) is 17.6 Å². The standard InChI is InChI=1S/C20H27N3O3/c1-25-20(14-7-8-22-18(10-14)19(21)24)15-4-2-5-16(20)12-23(11-15)17-6-3-9-26-13-17/h7-8,10,13,15-16H,2-6,9,11-12H2,1H3,(H2,21,24). The molecular formula is C20H27N3O3. The zero-order chi connectivity index (χ0) is 18.1. The molecule has 4 rings (SSSR count). The van der Waals surface area contributed by atoms with E-state index in [2.05, 4.69) is 9.88 Å². The lowest BCUT2D eigenvalue weighted by atomic mass is 9.62. The van der Waals surface area contributed by atoms with Crippen LogP contribution in [0.2, 0.25) is 0 Å². The largest absolute Gasteiger partial charge is 0.499 e. The van der Waals surface area contributed by atoms with E-state index in [1.54, 1.807) is 13.3 Å². The molecule has 26 heavy (non-hydrogen) atoms. The van der Waals surface area contributed by atoms with Gasteiger partial charge in [-0.3, -0.25) is 9.78 Å². The number of hydrogen-bond donors (Lipinski definition) is 1. The van der Waals surface area contributed by atoms with Gasteiger partial charge >= 0.3 is 0 Å². The maximum absolute atomic E-state index is 11.6. The number of carbonyl (C=O) groups is 1. The summed E-state index contributed by atoms with van der Waals surface area (Å²) in [6.07, 6.45) is 9.23. The zero-order valence-electron chi connectivity index (χ0n) is 15.3. The van der Waals surface area contributed by atoms with E-state index in [0.29, 0.717) is 17.5 Å².